The number of hydrogen-bond acceptors (Lipinski definition) is 5. The molecule has 0 saturated carbocycles. The quantitative estimate of drug-likeness (QED) is 0.356. The molecule has 152 valence electrons. The van der Waals surface area contributed by atoms with Gasteiger partial charge in [0.1, 0.15) is 11.4 Å². The Balaban J connectivity index is 1.77. The normalized spacial score (nSPS) is 11.7. The molecule has 0 atom stereocenters. The van der Waals surface area contributed by atoms with Crippen molar-refractivity contribution in [2.24, 2.45) is 5.73 Å². The molecule has 0 radical (unpaired) electrons. The first kappa shape index (κ1) is 18.2. The van der Waals surface area contributed by atoms with Crippen LogP contribution in [0.1, 0.15) is 6.42 Å². The molecule has 0 aliphatic heterocycles. The van der Waals surface area contributed by atoms with E-state index in [2.05, 4.69) is 24.5 Å². The van der Waals surface area contributed by atoms with Gasteiger partial charge in [-0.15, -0.1) is 0 Å². The molecule has 3 heterocycles. The first-order valence-electron chi connectivity index (χ1n) is 9.61. The minimum Gasteiger partial charge on any atom is -0.497 e. The third-order valence-corrected chi connectivity index (χ3v) is 5.27. The maximum absolute atomic E-state index is 12.9. The molecule has 5 rings (SSSR count). The van der Waals surface area contributed by atoms with Crippen LogP contribution >= 0.6 is 0 Å². The number of rotatable bonds is 5. The molecular weight excluding hydrogens is 384 g/mol. The van der Waals surface area contributed by atoms with Crippen molar-refractivity contribution in [3.05, 3.63) is 57.4 Å². The zero-order valence-electron chi connectivity index (χ0n) is 16.3. The number of methoxy groups -OCH3 is 1. The average molecular weight is 404 g/mol. The second kappa shape index (κ2) is 6.89. The summed E-state index contributed by atoms with van der Waals surface area (Å²) in [5, 5.41) is 0.875. The van der Waals surface area contributed by atoms with Gasteiger partial charge in [0.15, 0.2) is 0 Å². The number of nitrogens with one attached hydrogen (secondary N) is 3. The van der Waals surface area contributed by atoms with E-state index >= 15 is 0 Å². The molecule has 0 aliphatic carbocycles. The van der Waals surface area contributed by atoms with Crippen LogP contribution in [0.2, 0.25) is 0 Å². The Morgan fingerprint density at radius 3 is 2.63 bits per heavy atom. The molecule has 0 spiro atoms. The molecule has 2 aromatic carbocycles. The van der Waals surface area contributed by atoms with Crippen LogP contribution in [0, 0.1) is 0 Å². The highest BCUT2D eigenvalue weighted by molar-refractivity contribution is 5.97. The van der Waals surface area contributed by atoms with Gasteiger partial charge in [0.05, 0.1) is 29.2 Å². The van der Waals surface area contributed by atoms with Gasteiger partial charge in [0.2, 0.25) is 0 Å². The summed E-state index contributed by atoms with van der Waals surface area (Å²) in [6.07, 6.45) is 2.75. The highest BCUT2D eigenvalue weighted by atomic mass is 16.5. The van der Waals surface area contributed by atoms with E-state index in [1.165, 1.54) is 0 Å². The number of benzene rings is 2. The highest BCUT2D eigenvalue weighted by Crippen LogP contribution is 2.32. The van der Waals surface area contributed by atoms with Crippen molar-refractivity contribution in [2.75, 3.05) is 13.7 Å². The van der Waals surface area contributed by atoms with E-state index in [0.29, 0.717) is 45.6 Å². The average Bonchev–Trinajstić information content (AvgIpc) is 3.28. The maximum Gasteiger partial charge on any atom is 0.323 e. The lowest BCUT2D eigenvalue weighted by molar-refractivity contribution is 0.415. The van der Waals surface area contributed by atoms with Crippen molar-refractivity contribution in [2.45, 2.75) is 13.0 Å². The number of ether oxygens (including phenoxy) is 1. The molecular formula is C21H20N6O3. The first-order valence-corrected chi connectivity index (χ1v) is 9.61. The minimum atomic E-state index is -0.307. The van der Waals surface area contributed by atoms with E-state index in [1.54, 1.807) is 19.2 Å². The standard InChI is InChI=1S/C21H20N6O3/c1-30-11-3-4-18-12(7-11)13(10-27(18)6-2-5-22)19-20(28)24-15-9-17-16(8-14(15)23-19)25-21(29)26-17/h3-4,7-10H,2,5-6,22H2,1H3,(H,24,28)(H2,25,26,29). The SMILES string of the molecule is COc1ccc2c(c1)c(-c1nc3cc4[nH]c(=O)[nH]c4cc3[nH]c1=O)cn2CCCN. The molecule has 0 aliphatic rings. The third-order valence-electron chi connectivity index (χ3n) is 5.27. The summed E-state index contributed by atoms with van der Waals surface area (Å²) >= 11 is 0. The van der Waals surface area contributed by atoms with Gasteiger partial charge in [-0.1, -0.05) is 0 Å². The van der Waals surface area contributed by atoms with Crippen LogP contribution < -0.4 is 21.7 Å². The zero-order chi connectivity index (χ0) is 20.8. The van der Waals surface area contributed by atoms with Crippen molar-refractivity contribution >= 4 is 33.0 Å². The number of nitrogens with two attached hydrogens (primary N) is 1. The number of aryl methyl sites for hydroxylation is 1. The summed E-state index contributed by atoms with van der Waals surface area (Å²) < 4.78 is 7.46. The molecule has 3 aromatic heterocycles. The Morgan fingerprint density at radius 2 is 1.87 bits per heavy atom. The number of aromatic amines is 3. The van der Waals surface area contributed by atoms with Crippen molar-refractivity contribution in [1.29, 1.82) is 0 Å². The summed E-state index contributed by atoms with van der Waals surface area (Å²) in [6.45, 7) is 1.31. The van der Waals surface area contributed by atoms with Crippen LogP contribution in [0.3, 0.4) is 0 Å². The maximum atomic E-state index is 12.9. The van der Waals surface area contributed by atoms with Gasteiger partial charge in [-0.25, -0.2) is 9.78 Å². The van der Waals surface area contributed by atoms with E-state index in [9.17, 15) is 9.59 Å². The van der Waals surface area contributed by atoms with Gasteiger partial charge in [0, 0.05) is 29.2 Å². The molecule has 9 heteroatoms. The Morgan fingerprint density at radius 1 is 1.07 bits per heavy atom. The van der Waals surface area contributed by atoms with Gasteiger partial charge in [-0.3, -0.25) is 4.79 Å². The summed E-state index contributed by atoms with van der Waals surface area (Å²) in [5.41, 5.74) is 9.45. The lowest BCUT2D eigenvalue weighted by Crippen LogP contribution is -2.11. The van der Waals surface area contributed by atoms with Crippen LogP contribution in [-0.2, 0) is 6.54 Å². The third kappa shape index (κ3) is 2.87. The number of fused-ring (bicyclic) bond motifs is 3. The Bertz CT molecular complexity index is 1520. The topological polar surface area (TPSA) is 135 Å². The predicted octanol–water partition coefficient (Wildman–Crippen LogP) is 2.07. The van der Waals surface area contributed by atoms with E-state index in [1.807, 2.05) is 24.4 Å². The number of aromatic nitrogens is 5. The molecule has 0 saturated heterocycles. The summed E-state index contributed by atoms with van der Waals surface area (Å²) in [6, 6.07) is 9.21. The Labute approximate surface area is 169 Å². The smallest absolute Gasteiger partial charge is 0.323 e. The van der Waals surface area contributed by atoms with Crippen LogP contribution in [0.15, 0.2) is 46.1 Å². The summed E-state index contributed by atoms with van der Waals surface area (Å²) in [4.78, 5) is 37.5. The van der Waals surface area contributed by atoms with Gasteiger partial charge < -0.3 is 30.0 Å². The van der Waals surface area contributed by atoms with E-state index < -0.39 is 0 Å². The monoisotopic (exact) mass is 404 g/mol. The number of imidazole rings is 1. The lowest BCUT2D eigenvalue weighted by atomic mass is 10.1. The van der Waals surface area contributed by atoms with Crippen LogP contribution in [0.25, 0.3) is 44.2 Å². The number of H-pyrrole nitrogens is 3. The first-order chi connectivity index (χ1) is 14.6. The Hall–Kier alpha value is -3.85. The van der Waals surface area contributed by atoms with Crippen molar-refractivity contribution < 1.29 is 4.74 Å². The molecule has 30 heavy (non-hydrogen) atoms. The van der Waals surface area contributed by atoms with Crippen molar-refractivity contribution in [3.63, 3.8) is 0 Å². The fourth-order valence-electron chi connectivity index (χ4n) is 3.84. The molecule has 5 aromatic rings. The number of nitrogens with zero attached hydrogens (tertiary/aromatic N) is 2. The fourth-order valence-corrected chi connectivity index (χ4v) is 3.84. The van der Waals surface area contributed by atoms with Gasteiger partial charge in [0.25, 0.3) is 5.56 Å². The Kier molecular flexibility index (Phi) is 4.18. The second-order valence-electron chi connectivity index (χ2n) is 7.17. The van der Waals surface area contributed by atoms with Crippen molar-refractivity contribution in [3.8, 4) is 17.0 Å². The van der Waals surface area contributed by atoms with E-state index in [-0.39, 0.29) is 11.2 Å². The van der Waals surface area contributed by atoms with Crippen LogP contribution in [0.4, 0.5) is 0 Å². The van der Waals surface area contributed by atoms with Gasteiger partial charge >= 0.3 is 5.69 Å². The van der Waals surface area contributed by atoms with E-state index in [4.69, 9.17) is 10.5 Å². The molecule has 0 unspecified atom stereocenters. The lowest BCUT2D eigenvalue weighted by Gasteiger charge is -2.05. The zero-order valence-corrected chi connectivity index (χ0v) is 16.3. The van der Waals surface area contributed by atoms with Gasteiger partial charge in [-0.05, 0) is 43.3 Å². The summed E-state index contributed by atoms with van der Waals surface area (Å²) in [7, 11) is 1.61. The molecule has 0 fully saturated rings. The van der Waals surface area contributed by atoms with Crippen molar-refractivity contribution in [1.82, 2.24) is 24.5 Å². The summed E-state index contributed by atoms with van der Waals surface area (Å²) in [5.74, 6) is 0.698. The predicted molar refractivity (Wildman–Crippen MR) is 116 cm³/mol. The minimum absolute atomic E-state index is 0.305. The van der Waals surface area contributed by atoms with Crippen LogP contribution in [-0.4, -0.2) is 38.2 Å². The molecule has 9 nitrogen and oxygen atoms in total. The molecule has 0 amide bonds. The van der Waals surface area contributed by atoms with E-state index in [0.717, 1.165) is 23.9 Å². The molecule has 5 N–H and O–H groups in total. The largest absolute Gasteiger partial charge is 0.497 e. The highest BCUT2D eigenvalue weighted by Gasteiger charge is 2.17. The fraction of sp³-hybridized carbons (Fsp3) is 0.190. The molecule has 0 bridgehead atoms. The number of hydrogen-bond donors (Lipinski definition) is 4. The van der Waals surface area contributed by atoms with Gasteiger partial charge in [-0.2, -0.15) is 0 Å². The second-order valence-corrected chi connectivity index (χ2v) is 7.17. The van der Waals surface area contributed by atoms with Crippen LogP contribution in [0.5, 0.6) is 5.75 Å².